The van der Waals surface area contributed by atoms with Crippen LogP contribution in [-0.2, 0) is 12.8 Å². The molecular weight excluding hydrogens is 380 g/mol. The zero-order chi connectivity index (χ0) is 19.9. The first kappa shape index (κ1) is 19.4. The van der Waals surface area contributed by atoms with E-state index >= 15 is 0 Å². The van der Waals surface area contributed by atoms with Gasteiger partial charge in [-0.25, -0.2) is 0 Å². The second-order valence-electron chi connectivity index (χ2n) is 6.90. The molecule has 4 aromatic carbocycles. The Bertz CT molecular complexity index is 1060. The molecule has 29 heavy (non-hydrogen) atoms. The van der Waals surface area contributed by atoms with Crippen LogP contribution in [0.15, 0.2) is 91.0 Å². The van der Waals surface area contributed by atoms with Crippen LogP contribution in [0.25, 0.3) is 10.8 Å². The van der Waals surface area contributed by atoms with Crippen molar-refractivity contribution in [1.82, 2.24) is 0 Å². The highest BCUT2D eigenvalue weighted by Crippen LogP contribution is 2.39. The highest BCUT2D eigenvalue weighted by Gasteiger charge is 2.13. The Morgan fingerprint density at radius 2 is 1.21 bits per heavy atom. The van der Waals surface area contributed by atoms with E-state index in [1.807, 2.05) is 60.7 Å². The highest BCUT2D eigenvalue weighted by atomic mass is 35.5. The minimum absolute atomic E-state index is 0.557. The van der Waals surface area contributed by atoms with Gasteiger partial charge >= 0.3 is 0 Å². The van der Waals surface area contributed by atoms with E-state index in [-0.39, 0.29) is 0 Å². The summed E-state index contributed by atoms with van der Waals surface area (Å²) in [6.45, 7) is 1.15. The average Bonchev–Trinajstić information content (AvgIpc) is 2.77. The number of benzene rings is 4. The third kappa shape index (κ3) is 4.90. The van der Waals surface area contributed by atoms with E-state index in [1.165, 1.54) is 11.1 Å². The zero-order valence-electron chi connectivity index (χ0n) is 16.2. The van der Waals surface area contributed by atoms with E-state index in [4.69, 9.17) is 21.1 Å². The predicted octanol–water partition coefficient (Wildman–Crippen LogP) is 6.74. The van der Waals surface area contributed by atoms with Crippen LogP contribution >= 0.6 is 11.6 Å². The van der Waals surface area contributed by atoms with E-state index in [0.29, 0.717) is 24.0 Å². The number of fused-ring (bicyclic) bond motifs is 1. The summed E-state index contributed by atoms with van der Waals surface area (Å²) in [5.41, 5.74) is 2.49. The van der Waals surface area contributed by atoms with Crippen LogP contribution in [0.2, 0.25) is 5.02 Å². The summed E-state index contributed by atoms with van der Waals surface area (Å²) in [5.74, 6) is 1.49. The van der Waals surface area contributed by atoms with Gasteiger partial charge in [-0.3, -0.25) is 0 Å². The van der Waals surface area contributed by atoms with Crippen LogP contribution in [-0.4, -0.2) is 13.2 Å². The van der Waals surface area contributed by atoms with Crippen molar-refractivity contribution in [3.63, 3.8) is 0 Å². The van der Waals surface area contributed by atoms with E-state index in [2.05, 4.69) is 30.3 Å². The van der Waals surface area contributed by atoms with Crippen molar-refractivity contribution < 1.29 is 9.47 Å². The molecule has 0 unspecified atom stereocenters. The fourth-order valence-corrected chi connectivity index (χ4v) is 3.60. The molecule has 4 aromatic rings. The van der Waals surface area contributed by atoms with Gasteiger partial charge in [0.15, 0.2) is 0 Å². The van der Waals surface area contributed by atoms with Crippen LogP contribution in [0.3, 0.4) is 0 Å². The van der Waals surface area contributed by atoms with Gasteiger partial charge in [-0.05, 0) is 28.6 Å². The SMILES string of the molecule is Clc1ccc2cccc(OCCc3ccccc3)c2c1OCCc1ccccc1. The number of ether oxygens (including phenoxy) is 2. The summed E-state index contributed by atoms with van der Waals surface area (Å²) >= 11 is 6.51. The fourth-order valence-electron chi connectivity index (χ4n) is 3.39. The first-order valence-corrected chi connectivity index (χ1v) is 10.2. The molecule has 0 aliphatic rings. The van der Waals surface area contributed by atoms with Gasteiger partial charge in [-0.2, -0.15) is 0 Å². The Balaban J connectivity index is 1.52. The van der Waals surface area contributed by atoms with Crippen molar-refractivity contribution in [2.24, 2.45) is 0 Å². The summed E-state index contributed by atoms with van der Waals surface area (Å²) in [6.07, 6.45) is 1.67. The van der Waals surface area contributed by atoms with Gasteiger partial charge in [0.1, 0.15) is 11.5 Å². The van der Waals surface area contributed by atoms with E-state index < -0.39 is 0 Å². The largest absolute Gasteiger partial charge is 0.492 e. The quantitative estimate of drug-likeness (QED) is 0.325. The Hall–Kier alpha value is -2.97. The number of hydrogen-bond donors (Lipinski definition) is 0. The molecule has 0 saturated carbocycles. The molecule has 0 aliphatic carbocycles. The highest BCUT2D eigenvalue weighted by molar-refractivity contribution is 6.33. The van der Waals surface area contributed by atoms with Crippen molar-refractivity contribution in [3.8, 4) is 11.5 Å². The lowest BCUT2D eigenvalue weighted by molar-refractivity contribution is 0.314. The maximum atomic E-state index is 6.51. The van der Waals surface area contributed by atoms with E-state index in [9.17, 15) is 0 Å². The molecule has 0 bridgehead atoms. The van der Waals surface area contributed by atoms with Crippen LogP contribution in [0.1, 0.15) is 11.1 Å². The molecular formula is C26H23ClO2. The van der Waals surface area contributed by atoms with Gasteiger partial charge < -0.3 is 9.47 Å². The number of halogens is 1. The second-order valence-corrected chi connectivity index (χ2v) is 7.31. The molecule has 2 nitrogen and oxygen atoms in total. The summed E-state index contributed by atoms with van der Waals surface area (Å²) in [6, 6.07) is 30.6. The molecule has 0 atom stereocenters. The van der Waals surface area contributed by atoms with Gasteiger partial charge in [-0.1, -0.05) is 90.5 Å². The third-order valence-corrected chi connectivity index (χ3v) is 5.18. The monoisotopic (exact) mass is 402 g/mol. The van der Waals surface area contributed by atoms with E-state index in [1.54, 1.807) is 0 Å². The van der Waals surface area contributed by atoms with Gasteiger partial charge in [0, 0.05) is 12.8 Å². The molecule has 3 heteroatoms. The minimum Gasteiger partial charge on any atom is -0.492 e. The van der Waals surface area contributed by atoms with Crippen LogP contribution in [0.4, 0.5) is 0 Å². The van der Waals surface area contributed by atoms with Crippen molar-refractivity contribution in [2.75, 3.05) is 13.2 Å². The lowest BCUT2D eigenvalue weighted by Gasteiger charge is -2.15. The standard InChI is InChI=1S/C26H23ClO2/c27-23-15-14-22-12-7-13-24(28-18-16-20-8-3-1-4-9-20)25(22)26(23)29-19-17-21-10-5-2-6-11-21/h1-15H,16-19H2. The molecule has 0 spiro atoms. The van der Waals surface area contributed by atoms with Crippen molar-refractivity contribution in [2.45, 2.75) is 12.8 Å². The van der Waals surface area contributed by atoms with Gasteiger partial charge in [0.25, 0.3) is 0 Å². The Morgan fingerprint density at radius 1 is 0.586 bits per heavy atom. The number of rotatable bonds is 8. The van der Waals surface area contributed by atoms with Crippen LogP contribution < -0.4 is 9.47 Å². The van der Waals surface area contributed by atoms with Crippen molar-refractivity contribution in [1.29, 1.82) is 0 Å². The molecule has 0 saturated heterocycles. The summed E-state index contributed by atoms with van der Waals surface area (Å²) < 4.78 is 12.3. The molecule has 0 heterocycles. The fraction of sp³-hybridized carbons (Fsp3) is 0.154. The normalized spacial score (nSPS) is 10.8. The molecule has 0 radical (unpaired) electrons. The molecule has 146 valence electrons. The molecule has 0 aliphatic heterocycles. The van der Waals surface area contributed by atoms with Crippen LogP contribution in [0, 0.1) is 0 Å². The first-order valence-electron chi connectivity index (χ1n) is 9.86. The van der Waals surface area contributed by atoms with Gasteiger partial charge in [0.05, 0.1) is 23.6 Å². The third-order valence-electron chi connectivity index (χ3n) is 4.88. The predicted molar refractivity (Wildman–Crippen MR) is 120 cm³/mol. The molecule has 0 N–H and O–H groups in total. The maximum absolute atomic E-state index is 6.51. The van der Waals surface area contributed by atoms with Crippen molar-refractivity contribution in [3.05, 3.63) is 107 Å². The lowest BCUT2D eigenvalue weighted by atomic mass is 10.1. The molecule has 0 fully saturated rings. The Labute approximate surface area is 176 Å². The maximum Gasteiger partial charge on any atom is 0.149 e. The Morgan fingerprint density at radius 3 is 1.86 bits per heavy atom. The zero-order valence-corrected chi connectivity index (χ0v) is 16.9. The minimum atomic E-state index is 0.557. The Kier molecular flexibility index (Phi) is 6.33. The smallest absolute Gasteiger partial charge is 0.149 e. The van der Waals surface area contributed by atoms with Crippen LogP contribution in [0.5, 0.6) is 11.5 Å². The van der Waals surface area contributed by atoms with E-state index in [0.717, 1.165) is 29.4 Å². The molecule has 0 aromatic heterocycles. The molecule has 4 rings (SSSR count). The molecule has 0 amide bonds. The van der Waals surface area contributed by atoms with Gasteiger partial charge in [-0.15, -0.1) is 0 Å². The van der Waals surface area contributed by atoms with Crippen molar-refractivity contribution >= 4 is 22.4 Å². The summed E-state index contributed by atoms with van der Waals surface area (Å²) in [7, 11) is 0. The first-order chi connectivity index (χ1) is 14.3. The van der Waals surface area contributed by atoms with Gasteiger partial charge in [0.2, 0.25) is 0 Å². The topological polar surface area (TPSA) is 18.5 Å². The summed E-state index contributed by atoms with van der Waals surface area (Å²) in [4.78, 5) is 0. The average molecular weight is 403 g/mol. The summed E-state index contributed by atoms with van der Waals surface area (Å²) in [5, 5.41) is 2.59. The lowest BCUT2D eigenvalue weighted by Crippen LogP contribution is -2.04. The second kappa shape index (κ2) is 9.49. The number of hydrogen-bond acceptors (Lipinski definition) is 2.